The molecule has 5 aromatic carbocycles. The maximum Gasteiger partial charge on any atom is 1.00 e. The van der Waals surface area contributed by atoms with Crippen LogP contribution >= 0.6 is 121 Å². The molecule has 13 rings (SSSR count). The van der Waals surface area contributed by atoms with Crippen LogP contribution in [0.4, 0.5) is 22.0 Å². The van der Waals surface area contributed by atoms with Crippen LogP contribution in [0.3, 0.4) is 0 Å². The van der Waals surface area contributed by atoms with Gasteiger partial charge in [0.05, 0.1) is 59.5 Å². The molecule has 8 heterocycles. The number of nitrogens with one attached hydrogen (secondary N) is 1. The second kappa shape index (κ2) is 49.5. The van der Waals surface area contributed by atoms with E-state index in [0.717, 1.165) is 23.8 Å². The molecule has 13 aromatic rings. The van der Waals surface area contributed by atoms with Crippen molar-refractivity contribution in [2.45, 2.75) is 20.0 Å². The Bertz CT molecular complexity index is 4970. The van der Waals surface area contributed by atoms with Gasteiger partial charge >= 0.3 is 68.5 Å². The van der Waals surface area contributed by atoms with Gasteiger partial charge in [-0.15, -0.1) is 35.6 Å². The van der Waals surface area contributed by atoms with Crippen molar-refractivity contribution < 1.29 is 118 Å². The van der Waals surface area contributed by atoms with E-state index in [1.807, 2.05) is 4.40 Å². The van der Waals surface area contributed by atoms with Gasteiger partial charge < -0.3 is 31.5 Å². The van der Waals surface area contributed by atoms with Gasteiger partial charge in [-0.05, 0) is 174 Å². The van der Waals surface area contributed by atoms with E-state index < -0.39 is 22.4 Å². The smallest absolute Gasteiger partial charge is 0.870 e. The molecule has 0 saturated heterocycles. The molecule has 6 N–H and O–H groups in total. The van der Waals surface area contributed by atoms with Gasteiger partial charge in [0.1, 0.15) is 52.1 Å². The summed E-state index contributed by atoms with van der Waals surface area (Å²) in [5.41, 5.74) is 11.2. The number of alkyl halides is 2. The number of aromatic carboxylic acids is 1. The van der Waals surface area contributed by atoms with Crippen LogP contribution < -0.4 is 62.4 Å². The van der Waals surface area contributed by atoms with E-state index >= 15 is 0 Å². The molecule has 8 aromatic heterocycles. The Hall–Kier alpha value is -7.50. The first kappa shape index (κ1) is 95.6. The summed E-state index contributed by atoms with van der Waals surface area (Å²) in [6, 6.07) is 28.3. The van der Waals surface area contributed by atoms with Crippen molar-refractivity contribution >= 4 is 161 Å². The third-order valence-corrected chi connectivity index (χ3v) is 13.7. The first-order valence-corrected chi connectivity index (χ1v) is 35.9. The molecule has 0 aliphatic carbocycles. The maximum absolute atomic E-state index is 13.0. The average Bonchev–Trinajstić information content (AvgIpc) is 1.66. The normalized spacial score (nSPS) is 9.93. The fourth-order valence-electron chi connectivity index (χ4n) is 8.11. The Morgan fingerprint density at radius 2 is 0.822 bits per heavy atom. The van der Waals surface area contributed by atoms with Gasteiger partial charge in [-0.3, -0.25) is 37.3 Å². The van der Waals surface area contributed by atoms with Gasteiger partial charge in [0.25, 0.3) is 11.1 Å². The van der Waals surface area contributed by atoms with Crippen molar-refractivity contribution in [1.82, 2.24) is 68.4 Å². The number of aliphatic hydroxyl groups is 1. The summed E-state index contributed by atoms with van der Waals surface area (Å²) in [7, 11) is 1.00. The van der Waals surface area contributed by atoms with Crippen molar-refractivity contribution in [3.63, 3.8) is 0 Å². The zero-order chi connectivity index (χ0) is 76.5. The zero-order valence-electron chi connectivity index (χ0n) is 55.2. The van der Waals surface area contributed by atoms with E-state index in [0.29, 0.717) is 73.4 Å². The second-order valence-electron chi connectivity index (χ2n) is 19.1. The minimum Gasteiger partial charge on any atom is -0.870 e. The third-order valence-electron chi connectivity index (χ3n) is 12.5. The molecule has 0 unspecified atom stereocenters. The number of carboxylic acids is 1. The number of fused-ring (bicyclic) bond motifs is 3. The summed E-state index contributed by atoms with van der Waals surface area (Å²) in [6.07, 6.45) is 20.3. The van der Waals surface area contributed by atoms with Crippen molar-refractivity contribution in [2.24, 2.45) is 5.73 Å². The summed E-state index contributed by atoms with van der Waals surface area (Å²) < 4.78 is 83.3. The Labute approximate surface area is 698 Å². The van der Waals surface area contributed by atoms with Crippen molar-refractivity contribution in [1.29, 1.82) is 0 Å². The van der Waals surface area contributed by atoms with E-state index in [9.17, 15) is 45.7 Å². The molecule has 558 valence electrons. The molecule has 41 heteroatoms. The van der Waals surface area contributed by atoms with Crippen molar-refractivity contribution in [3.8, 4) is 34.2 Å². The number of ether oxygens (including phenoxy) is 1. The molecule has 0 atom stereocenters. The van der Waals surface area contributed by atoms with Gasteiger partial charge in [-0.1, -0.05) is 34.8 Å². The molecule has 0 fully saturated rings. The minimum absolute atomic E-state index is 0. The van der Waals surface area contributed by atoms with Crippen LogP contribution in [-0.4, -0.2) is 121 Å². The molecular weight excluding hydrogens is 1670 g/mol. The number of hydrogen-bond donors (Lipinski definition) is 4. The number of amides is 1. The quantitative estimate of drug-likeness (QED) is 0.0233. The molecule has 1 amide bonds. The first-order chi connectivity index (χ1) is 49.7. The zero-order valence-corrected chi connectivity index (χ0v) is 66.8. The van der Waals surface area contributed by atoms with Crippen LogP contribution in [-0.2, 0) is 22.4 Å². The van der Waals surface area contributed by atoms with E-state index in [2.05, 4.69) is 88.9 Å². The summed E-state index contributed by atoms with van der Waals surface area (Å²) in [5, 5.41) is 16.1. The van der Waals surface area contributed by atoms with Gasteiger partial charge in [-0.25, -0.2) is 71.4 Å². The monoisotopic (exact) mass is 1720 g/mol. The topological polar surface area (TPSA) is 345 Å². The molecule has 0 bridgehead atoms. The SMILES string of the molecule is CCOC(=O)c1nccn2c(-c3ccc(F)cc3)ncc12.CO.Cl.ClCCl.Fc1ccc(-c2ncc3c(Cl)nccn23)cc1.NCc1nccnc1Cl.O=C(Cl)c1ccc(F)cc1.O=C(NCc1nccnc1Cl)c1ccc(F)cc1.O=C(O)c1nccn2c(-c3ccc(F)cc3)ncc12.O=P(Cl)(Cl)Cl.[K+].[OH-]. The number of aromatic nitrogens is 13. The standard InChI is InChI=1S/C15H12FN3O2.C13H8FN3O2.C12H9ClFN3O.C12H7ClFN3.C7H4ClFO.C5H6ClN3.CH2Cl2.CH4O.Cl3OP.ClH.K.H2O/c1-2-21-15(20)13-12-9-18-14(19(12)8-7-17-13)10-3-5-11(16)6-4-10;14-9-3-1-8(2-4-9)12-16-7-10-11(13(18)19)15-5-6-17(10)12;13-11-10(15-5-6-16-11)7-17-12(18)8-1-3-9(14)4-2-8;13-11-10-7-16-12(17(10)6-5-15-11)8-1-3-9(14)4-2-8;8-7(10)5-1-3-6(9)4-2-5;6-5-4(3-7)8-1-2-9-5;2-1-3;1-2;1-5(2,3)4;;;/h3-9H,2H2,1H3;1-7H,(H,18,19);1-6H,7H2,(H,17,18);1-7H;1-4H;1-2H,3,7H2;1H2;2H,1H3;;1H;;1H2/q;;;;;;;;;;+1;/p-1. The Balaban J connectivity index is 0.000000430. The Morgan fingerprint density at radius 1 is 0.505 bits per heavy atom. The van der Waals surface area contributed by atoms with E-state index in [1.54, 1.807) is 95.5 Å². The molecule has 0 saturated carbocycles. The van der Waals surface area contributed by atoms with Crippen LogP contribution in [0.1, 0.15) is 60.0 Å². The number of carboxylic acid groups (broad SMARTS) is 1. The number of benzene rings is 5. The third kappa shape index (κ3) is 31.2. The number of aliphatic hydroxyl groups excluding tert-OH is 1. The predicted octanol–water partition coefficient (Wildman–Crippen LogP) is 14.2. The largest absolute Gasteiger partial charge is 1.00 e. The van der Waals surface area contributed by atoms with Crippen LogP contribution in [0.15, 0.2) is 202 Å². The molecule has 0 aliphatic rings. The molecular formula is C66H54Cl10F5KN15O9P. The number of nitrogens with zero attached hydrogens (tertiary/aromatic N) is 13. The Morgan fingerprint density at radius 3 is 1.18 bits per heavy atom. The number of esters is 1. The fraction of sp³-hybridized carbons (Fsp3) is 0.0909. The molecule has 24 nitrogen and oxygen atoms in total. The van der Waals surface area contributed by atoms with Crippen LogP contribution in [0, 0.1) is 29.1 Å². The maximum atomic E-state index is 13.0. The van der Waals surface area contributed by atoms with Gasteiger partial charge in [-0.2, -0.15) is 0 Å². The molecule has 0 spiro atoms. The first-order valence-electron chi connectivity index (χ1n) is 28.9. The van der Waals surface area contributed by atoms with Crippen LogP contribution in [0.5, 0.6) is 0 Å². The van der Waals surface area contributed by atoms with Gasteiger partial charge in [0, 0.05) is 103 Å². The summed E-state index contributed by atoms with van der Waals surface area (Å²) >= 11 is 45.8. The number of carbonyl (C=O) groups is 4. The van der Waals surface area contributed by atoms with Crippen molar-refractivity contribution in [2.75, 3.05) is 19.1 Å². The summed E-state index contributed by atoms with van der Waals surface area (Å²) in [6.45, 7) is 2.52. The number of nitrogens with two attached hydrogens (primary N) is 1. The minimum atomic E-state index is -3.22. The second-order valence-corrected chi connectivity index (χ2v) is 28.0. The van der Waals surface area contributed by atoms with Gasteiger partial charge in [0.2, 0.25) is 0 Å². The predicted molar refractivity (Wildman–Crippen MR) is 398 cm³/mol. The molecule has 0 aliphatic heterocycles. The number of halogens is 15. The number of imidazole rings is 3. The molecule has 107 heavy (non-hydrogen) atoms. The summed E-state index contributed by atoms with van der Waals surface area (Å²) in [5.74, 6) is -1.74. The van der Waals surface area contributed by atoms with E-state index in [1.165, 1.54) is 122 Å². The molecule has 0 radical (unpaired) electrons. The summed E-state index contributed by atoms with van der Waals surface area (Å²) in [4.78, 5) is 85.1. The fourth-order valence-corrected chi connectivity index (χ4v) is 8.79. The van der Waals surface area contributed by atoms with Crippen LogP contribution in [0.2, 0.25) is 15.5 Å². The Kier molecular flexibility index (Phi) is 44.2. The number of carbonyl (C=O) groups excluding carboxylic acids is 3. The number of rotatable bonds is 11. The average molecular weight is 1720 g/mol. The van der Waals surface area contributed by atoms with Gasteiger partial charge in [0.15, 0.2) is 26.8 Å². The van der Waals surface area contributed by atoms with E-state index in [4.69, 9.17) is 90.3 Å². The van der Waals surface area contributed by atoms with Crippen molar-refractivity contribution in [3.05, 3.63) is 280 Å². The van der Waals surface area contributed by atoms with Crippen LogP contribution in [0.25, 0.3) is 50.7 Å². The number of hydrogen-bond acceptors (Lipinski definition) is 19. The van der Waals surface area contributed by atoms with E-state index in [-0.39, 0.29) is 139 Å².